The average Bonchev–Trinajstić information content (AvgIpc) is 2.24. The summed E-state index contributed by atoms with van der Waals surface area (Å²) >= 11 is 0. The molecule has 0 aliphatic rings. The molecule has 1 heterocycles. The Morgan fingerprint density at radius 3 is 2.81 bits per heavy atom. The van der Waals surface area contributed by atoms with Crippen LogP contribution in [0.15, 0.2) is 6.20 Å². The normalized spacial score (nSPS) is 12.8. The SMILES string of the molecule is COCCCNC(C)c1cnc(C)nc1C. The maximum absolute atomic E-state index is 5.00. The van der Waals surface area contributed by atoms with E-state index in [0.29, 0.717) is 0 Å². The molecule has 90 valence electrons. The van der Waals surface area contributed by atoms with E-state index < -0.39 is 0 Å². The topological polar surface area (TPSA) is 47.0 Å². The molecular weight excluding hydrogens is 202 g/mol. The molecule has 0 aromatic carbocycles. The fourth-order valence-electron chi connectivity index (χ4n) is 1.66. The zero-order chi connectivity index (χ0) is 12.0. The van der Waals surface area contributed by atoms with Crippen LogP contribution in [0, 0.1) is 13.8 Å². The third kappa shape index (κ3) is 3.87. The minimum atomic E-state index is 0.289. The van der Waals surface area contributed by atoms with Gasteiger partial charge in [-0.05, 0) is 33.7 Å². The molecule has 0 bridgehead atoms. The number of hydrogen-bond acceptors (Lipinski definition) is 4. The zero-order valence-corrected chi connectivity index (χ0v) is 10.6. The van der Waals surface area contributed by atoms with Crippen LogP contribution >= 0.6 is 0 Å². The van der Waals surface area contributed by atoms with E-state index in [-0.39, 0.29) is 6.04 Å². The van der Waals surface area contributed by atoms with Gasteiger partial charge >= 0.3 is 0 Å². The van der Waals surface area contributed by atoms with E-state index in [1.54, 1.807) is 7.11 Å². The second-order valence-corrected chi connectivity index (χ2v) is 3.98. The third-order valence-electron chi connectivity index (χ3n) is 2.58. The Morgan fingerprint density at radius 1 is 1.44 bits per heavy atom. The van der Waals surface area contributed by atoms with Gasteiger partial charge in [-0.3, -0.25) is 0 Å². The number of nitrogens with zero attached hydrogens (tertiary/aromatic N) is 2. The number of aromatic nitrogens is 2. The molecule has 0 aliphatic heterocycles. The summed E-state index contributed by atoms with van der Waals surface area (Å²) in [6.45, 7) is 7.81. The Balaban J connectivity index is 2.49. The first-order chi connectivity index (χ1) is 7.65. The van der Waals surface area contributed by atoms with E-state index in [9.17, 15) is 0 Å². The van der Waals surface area contributed by atoms with Crippen molar-refractivity contribution >= 4 is 0 Å². The van der Waals surface area contributed by atoms with Crippen molar-refractivity contribution in [2.75, 3.05) is 20.3 Å². The van der Waals surface area contributed by atoms with Crippen molar-refractivity contribution in [1.29, 1.82) is 0 Å². The van der Waals surface area contributed by atoms with Gasteiger partial charge in [0.2, 0.25) is 0 Å². The third-order valence-corrected chi connectivity index (χ3v) is 2.58. The maximum atomic E-state index is 5.00. The van der Waals surface area contributed by atoms with Gasteiger partial charge in [0, 0.05) is 37.2 Å². The van der Waals surface area contributed by atoms with Crippen molar-refractivity contribution in [2.45, 2.75) is 33.2 Å². The molecule has 0 radical (unpaired) electrons. The largest absolute Gasteiger partial charge is 0.385 e. The van der Waals surface area contributed by atoms with Crippen LogP contribution in [0.3, 0.4) is 0 Å². The van der Waals surface area contributed by atoms with Gasteiger partial charge < -0.3 is 10.1 Å². The van der Waals surface area contributed by atoms with Crippen molar-refractivity contribution in [3.8, 4) is 0 Å². The quantitative estimate of drug-likeness (QED) is 0.747. The van der Waals surface area contributed by atoms with Crippen LogP contribution in [0.5, 0.6) is 0 Å². The van der Waals surface area contributed by atoms with Crippen molar-refractivity contribution in [1.82, 2.24) is 15.3 Å². The maximum Gasteiger partial charge on any atom is 0.125 e. The van der Waals surface area contributed by atoms with Gasteiger partial charge in [-0.2, -0.15) is 0 Å². The fraction of sp³-hybridized carbons (Fsp3) is 0.667. The number of hydrogen-bond donors (Lipinski definition) is 1. The molecule has 0 saturated heterocycles. The lowest BCUT2D eigenvalue weighted by Gasteiger charge is -2.15. The summed E-state index contributed by atoms with van der Waals surface area (Å²) in [5, 5.41) is 3.43. The van der Waals surface area contributed by atoms with Crippen LogP contribution in [0.25, 0.3) is 0 Å². The van der Waals surface area contributed by atoms with Gasteiger partial charge in [0.1, 0.15) is 5.82 Å². The molecule has 1 atom stereocenters. The highest BCUT2D eigenvalue weighted by Gasteiger charge is 2.08. The molecule has 1 rings (SSSR count). The van der Waals surface area contributed by atoms with E-state index >= 15 is 0 Å². The summed E-state index contributed by atoms with van der Waals surface area (Å²) in [5.41, 5.74) is 2.22. The standard InChI is InChI=1S/C12H21N3O/c1-9(13-6-5-7-16-4)12-8-14-11(3)15-10(12)2/h8-9,13H,5-7H2,1-4H3. The van der Waals surface area contributed by atoms with Gasteiger partial charge in [-0.15, -0.1) is 0 Å². The monoisotopic (exact) mass is 223 g/mol. The van der Waals surface area contributed by atoms with Crippen molar-refractivity contribution in [2.24, 2.45) is 0 Å². The van der Waals surface area contributed by atoms with Gasteiger partial charge in [0.15, 0.2) is 0 Å². The fourth-order valence-corrected chi connectivity index (χ4v) is 1.66. The summed E-state index contributed by atoms with van der Waals surface area (Å²) in [7, 11) is 1.72. The molecule has 0 fully saturated rings. The lowest BCUT2D eigenvalue weighted by atomic mass is 10.1. The number of rotatable bonds is 6. The summed E-state index contributed by atoms with van der Waals surface area (Å²) in [4.78, 5) is 8.59. The Labute approximate surface area is 97.5 Å². The smallest absolute Gasteiger partial charge is 0.125 e. The van der Waals surface area contributed by atoms with Gasteiger partial charge in [-0.25, -0.2) is 9.97 Å². The van der Waals surface area contributed by atoms with E-state index in [0.717, 1.165) is 31.1 Å². The molecule has 4 nitrogen and oxygen atoms in total. The highest BCUT2D eigenvalue weighted by Crippen LogP contribution is 2.14. The highest BCUT2D eigenvalue weighted by atomic mass is 16.5. The van der Waals surface area contributed by atoms with E-state index in [1.807, 2.05) is 20.0 Å². The molecule has 0 spiro atoms. The van der Waals surface area contributed by atoms with E-state index in [4.69, 9.17) is 4.74 Å². The van der Waals surface area contributed by atoms with Gasteiger partial charge in [0.25, 0.3) is 0 Å². The molecule has 4 heteroatoms. The summed E-state index contributed by atoms with van der Waals surface area (Å²) in [6, 6.07) is 0.289. The Kier molecular flexibility index (Phi) is 5.35. The summed E-state index contributed by atoms with van der Waals surface area (Å²) < 4.78 is 5.00. The first-order valence-corrected chi connectivity index (χ1v) is 5.67. The van der Waals surface area contributed by atoms with E-state index in [2.05, 4.69) is 22.2 Å². The Hall–Kier alpha value is -1.00. The summed E-state index contributed by atoms with van der Waals surface area (Å²) in [5.74, 6) is 0.827. The second kappa shape index (κ2) is 6.55. The number of methoxy groups -OCH3 is 1. The lowest BCUT2D eigenvalue weighted by molar-refractivity contribution is 0.193. The molecule has 0 amide bonds. The van der Waals surface area contributed by atoms with Gasteiger partial charge in [-0.1, -0.05) is 0 Å². The lowest BCUT2D eigenvalue weighted by Crippen LogP contribution is -2.22. The van der Waals surface area contributed by atoms with Crippen LogP contribution in [0.1, 0.15) is 36.5 Å². The molecule has 16 heavy (non-hydrogen) atoms. The van der Waals surface area contributed by atoms with E-state index in [1.165, 1.54) is 5.56 Å². The minimum absolute atomic E-state index is 0.289. The van der Waals surface area contributed by atoms with Crippen LogP contribution < -0.4 is 5.32 Å². The molecule has 1 unspecified atom stereocenters. The molecular formula is C12H21N3O. The predicted molar refractivity (Wildman–Crippen MR) is 64.4 cm³/mol. The Bertz CT molecular complexity index is 328. The van der Waals surface area contributed by atoms with Crippen molar-refractivity contribution < 1.29 is 4.74 Å². The minimum Gasteiger partial charge on any atom is -0.385 e. The molecule has 1 N–H and O–H groups in total. The molecule has 1 aromatic rings. The second-order valence-electron chi connectivity index (χ2n) is 3.98. The van der Waals surface area contributed by atoms with Crippen LogP contribution in [-0.2, 0) is 4.74 Å². The predicted octanol–water partition coefficient (Wildman–Crippen LogP) is 1.78. The van der Waals surface area contributed by atoms with Crippen molar-refractivity contribution in [3.63, 3.8) is 0 Å². The average molecular weight is 223 g/mol. The van der Waals surface area contributed by atoms with Crippen molar-refractivity contribution in [3.05, 3.63) is 23.3 Å². The first kappa shape index (κ1) is 13.1. The highest BCUT2D eigenvalue weighted by molar-refractivity contribution is 5.19. The number of nitrogens with one attached hydrogen (secondary N) is 1. The summed E-state index contributed by atoms with van der Waals surface area (Å²) in [6.07, 6.45) is 2.93. The number of aryl methyl sites for hydroxylation is 2. The van der Waals surface area contributed by atoms with Crippen LogP contribution in [-0.4, -0.2) is 30.2 Å². The first-order valence-electron chi connectivity index (χ1n) is 5.67. The van der Waals surface area contributed by atoms with Crippen LogP contribution in [0.2, 0.25) is 0 Å². The number of ether oxygens (including phenoxy) is 1. The van der Waals surface area contributed by atoms with Gasteiger partial charge in [0.05, 0.1) is 0 Å². The Morgan fingerprint density at radius 2 is 2.19 bits per heavy atom. The van der Waals surface area contributed by atoms with Crippen LogP contribution in [0.4, 0.5) is 0 Å². The zero-order valence-electron chi connectivity index (χ0n) is 10.6. The molecule has 0 saturated carbocycles. The molecule has 0 aliphatic carbocycles. The molecule has 1 aromatic heterocycles.